The molecule has 0 N–H and O–H groups in total. The van der Waals surface area contributed by atoms with Gasteiger partial charge in [-0.2, -0.15) is 0 Å². The zero-order chi connectivity index (χ0) is 18.5. The van der Waals surface area contributed by atoms with Crippen molar-refractivity contribution in [3.63, 3.8) is 0 Å². The Labute approximate surface area is 160 Å². The lowest BCUT2D eigenvalue weighted by molar-refractivity contribution is -0.140. The van der Waals surface area contributed by atoms with Gasteiger partial charge in [-0.05, 0) is 19.8 Å². The third-order valence-electron chi connectivity index (χ3n) is 5.76. The molecule has 5 nitrogen and oxygen atoms in total. The molecule has 2 fully saturated rings. The van der Waals surface area contributed by atoms with Crippen LogP contribution in [0.4, 0.5) is 0 Å². The second-order valence-electron chi connectivity index (χ2n) is 8.88. The molecule has 0 bridgehead atoms. The molecule has 0 spiro atoms. The van der Waals surface area contributed by atoms with E-state index in [1.54, 1.807) is 11.3 Å². The molecule has 142 valence electrons. The van der Waals surface area contributed by atoms with E-state index in [0.717, 1.165) is 50.5 Å². The molecular weight excluding hydrogens is 344 g/mol. The Balaban J connectivity index is 1.48. The van der Waals surface area contributed by atoms with E-state index in [2.05, 4.69) is 48.1 Å². The van der Waals surface area contributed by atoms with Crippen LogP contribution in [-0.2, 0) is 16.8 Å². The van der Waals surface area contributed by atoms with Gasteiger partial charge >= 0.3 is 0 Å². The van der Waals surface area contributed by atoms with Crippen molar-refractivity contribution in [2.75, 3.05) is 26.2 Å². The maximum absolute atomic E-state index is 12.5. The lowest BCUT2D eigenvalue weighted by Gasteiger charge is -2.38. The van der Waals surface area contributed by atoms with E-state index < -0.39 is 0 Å². The quantitative estimate of drug-likeness (QED) is 0.826. The van der Waals surface area contributed by atoms with Gasteiger partial charge in [-0.1, -0.05) is 27.2 Å². The number of aromatic nitrogens is 2. The van der Waals surface area contributed by atoms with Crippen molar-refractivity contribution >= 4 is 22.2 Å². The number of piperazine rings is 1. The molecule has 1 saturated heterocycles. The number of imidazole rings is 1. The van der Waals surface area contributed by atoms with Crippen LogP contribution in [0.15, 0.2) is 6.20 Å². The zero-order valence-electron chi connectivity index (χ0n) is 16.4. The van der Waals surface area contributed by atoms with Gasteiger partial charge in [0, 0.05) is 55.1 Å². The maximum Gasteiger partial charge on any atom is 0.225 e. The van der Waals surface area contributed by atoms with Crippen molar-refractivity contribution in [3.05, 3.63) is 22.5 Å². The predicted octanol–water partition coefficient (Wildman–Crippen LogP) is 3.45. The highest BCUT2D eigenvalue weighted by Gasteiger charge is 2.32. The van der Waals surface area contributed by atoms with E-state index in [0.29, 0.717) is 11.8 Å². The standard InChI is InChI=1S/C20H30N4OS/c1-14-12-24-16(17(20(2,3)4)21-19(24)26-14)13-22-8-10-23(11-9-22)18(25)15-6-5-7-15/h12,15H,5-11,13H2,1-4H3. The molecule has 2 aromatic heterocycles. The highest BCUT2D eigenvalue weighted by atomic mass is 32.1. The zero-order valence-corrected chi connectivity index (χ0v) is 17.2. The fourth-order valence-corrected chi connectivity index (χ4v) is 4.85. The second-order valence-corrected chi connectivity index (χ2v) is 10.1. The number of nitrogens with zero attached hydrogens (tertiary/aromatic N) is 4. The van der Waals surface area contributed by atoms with Gasteiger partial charge in [0.2, 0.25) is 5.91 Å². The molecule has 1 saturated carbocycles. The van der Waals surface area contributed by atoms with Crippen LogP contribution in [-0.4, -0.2) is 51.3 Å². The third-order valence-corrected chi connectivity index (χ3v) is 6.66. The Morgan fingerprint density at radius 3 is 2.50 bits per heavy atom. The molecule has 1 amide bonds. The van der Waals surface area contributed by atoms with Crippen molar-refractivity contribution in [1.29, 1.82) is 0 Å². The van der Waals surface area contributed by atoms with Gasteiger partial charge < -0.3 is 4.90 Å². The molecule has 4 rings (SSSR count). The molecule has 2 aromatic rings. The number of carbonyl (C=O) groups is 1. The number of hydrogen-bond donors (Lipinski definition) is 0. The van der Waals surface area contributed by atoms with Gasteiger partial charge in [0.05, 0.1) is 11.4 Å². The lowest BCUT2D eigenvalue weighted by atomic mass is 9.84. The van der Waals surface area contributed by atoms with Crippen LogP contribution in [0.1, 0.15) is 56.3 Å². The molecule has 0 aromatic carbocycles. The molecule has 1 aliphatic heterocycles. The van der Waals surface area contributed by atoms with Crippen LogP contribution in [0, 0.1) is 12.8 Å². The summed E-state index contributed by atoms with van der Waals surface area (Å²) in [5.41, 5.74) is 2.56. The molecular formula is C20H30N4OS. The van der Waals surface area contributed by atoms with Crippen LogP contribution in [0.2, 0.25) is 0 Å². The summed E-state index contributed by atoms with van der Waals surface area (Å²) >= 11 is 1.76. The molecule has 3 heterocycles. The normalized spacial score (nSPS) is 19.9. The van der Waals surface area contributed by atoms with Crippen molar-refractivity contribution < 1.29 is 4.79 Å². The number of thiazole rings is 1. The topological polar surface area (TPSA) is 40.9 Å². The third kappa shape index (κ3) is 3.29. The van der Waals surface area contributed by atoms with Crippen LogP contribution in [0.3, 0.4) is 0 Å². The number of aryl methyl sites for hydroxylation is 1. The lowest BCUT2D eigenvalue weighted by Crippen LogP contribution is -2.50. The Morgan fingerprint density at radius 2 is 1.92 bits per heavy atom. The van der Waals surface area contributed by atoms with E-state index >= 15 is 0 Å². The smallest absolute Gasteiger partial charge is 0.225 e. The summed E-state index contributed by atoms with van der Waals surface area (Å²) in [6.45, 7) is 13.4. The van der Waals surface area contributed by atoms with E-state index in [-0.39, 0.29) is 5.41 Å². The maximum atomic E-state index is 12.5. The number of fused-ring (bicyclic) bond motifs is 1. The predicted molar refractivity (Wildman–Crippen MR) is 106 cm³/mol. The molecule has 1 aliphatic carbocycles. The summed E-state index contributed by atoms with van der Waals surface area (Å²) in [4.78, 5) is 24.4. The van der Waals surface area contributed by atoms with Gasteiger partial charge in [0.15, 0.2) is 4.96 Å². The first kappa shape index (κ1) is 18.0. The minimum absolute atomic E-state index is 0.0387. The fourth-order valence-electron chi connectivity index (χ4n) is 4.00. The van der Waals surface area contributed by atoms with Gasteiger partial charge in [0.1, 0.15) is 0 Å². The number of rotatable bonds is 3. The average molecular weight is 375 g/mol. The number of amides is 1. The Hall–Kier alpha value is -1.40. The fraction of sp³-hybridized carbons (Fsp3) is 0.700. The van der Waals surface area contributed by atoms with Crippen molar-refractivity contribution in [2.24, 2.45) is 5.92 Å². The average Bonchev–Trinajstić information content (AvgIpc) is 3.03. The van der Waals surface area contributed by atoms with Gasteiger partial charge in [-0.3, -0.25) is 14.1 Å². The molecule has 2 aliphatic rings. The SMILES string of the molecule is Cc1cn2c(CN3CCN(C(=O)C4CCC4)CC3)c(C(C)(C)C)nc2s1. The van der Waals surface area contributed by atoms with Crippen LogP contribution in [0.5, 0.6) is 0 Å². The first-order chi connectivity index (χ1) is 12.3. The Bertz CT molecular complexity index is 804. The van der Waals surface area contributed by atoms with Crippen LogP contribution in [0.25, 0.3) is 4.96 Å². The Morgan fingerprint density at radius 1 is 1.23 bits per heavy atom. The van der Waals surface area contributed by atoms with E-state index in [1.807, 2.05) is 0 Å². The number of hydrogen-bond acceptors (Lipinski definition) is 4. The Kier molecular flexibility index (Phi) is 4.59. The number of carbonyl (C=O) groups excluding carboxylic acids is 1. The van der Waals surface area contributed by atoms with Crippen molar-refractivity contribution in [3.8, 4) is 0 Å². The van der Waals surface area contributed by atoms with Gasteiger partial charge in [0.25, 0.3) is 0 Å². The van der Waals surface area contributed by atoms with Crippen LogP contribution < -0.4 is 0 Å². The highest BCUT2D eigenvalue weighted by Crippen LogP contribution is 2.31. The molecule has 0 atom stereocenters. The summed E-state index contributed by atoms with van der Waals surface area (Å²) in [7, 11) is 0. The summed E-state index contributed by atoms with van der Waals surface area (Å²) in [6.07, 6.45) is 5.63. The molecule has 26 heavy (non-hydrogen) atoms. The van der Waals surface area contributed by atoms with Crippen molar-refractivity contribution in [2.45, 2.75) is 58.9 Å². The van der Waals surface area contributed by atoms with E-state index in [1.165, 1.54) is 22.7 Å². The monoisotopic (exact) mass is 374 g/mol. The summed E-state index contributed by atoms with van der Waals surface area (Å²) < 4.78 is 2.28. The first-order valence-electron chi connectivity index (χ1n) is 9.82. The summed E-state index contributed by atoms with van der Waals surface area (Å²) in [5.74, 6) is 0.712. The van der Waals surface area contributed by atoms with E-state index in [9.17, 15) is 4.79 Å². The molecule has 0 radical (unpaired) electrons. The van der Waals surface area contributed by atoms with Gasteiger partial charge in [-0.25, -0.2) is 4.98 Å². The highest BCUT2D eigenvalue weighted by molar-refractivity contribution is 7.17. The second kappa shape index (κ2) is 6.64. The van der Waals surface area contributed by atoms with Crippen molar-refractivity contribution in [1.82, 2.24) is 19.2 Å². The van der Waals surface area contributed by atoms with Gasteiger partial charge in [-0.15, -0.1) is 11.3 Å². The largest absolute Gasteiger partial charge is 0.340 e. The summed E-state index contributed by atoms with van der Waals surface area (Å²) in [6, 6.07) is 0. The minimum atomic E-state index is 0.0387. The minimum Gasteiger partial charge on any atom is -0.340 e. The summed E-state index contributed by atoms with van der Waals surface area (Å²) in [5, 5.41) is 0. The van der Waals surface area contributed by atoms with Crippen LogP contribution >= 0.6 is 11.3 Å². The van der Waals surface area contributed by atoms with E-state index in [4.69, 9.17) is 4.98 Å². The molecule has 0 unspecified atom stereocenters. The first-order valence-corrected chi connectivity index (χ1v) is 10.6. The molecule has 6 heteroatoms.